The van der Waals surface area contributed by atoms with Gasteiger partial charge in [-0.3, -0.25) is 0 Å². The molecule has 0 saturated heterocycles. The molecule has 1 atom stereocenters. The van der Waals surface area contributed by atoms with E-state index >= 15 is 0 Å². The standard InChI is InChI=1S/C8H17NO2/c1-6(2)7(8(10)11)9(3,4)5/h6-7H,1-5H3/t7-/m0/s1. The number of aliphatic carboxylic acids is 1. The number of carboxylic acids is 1. The van der Waals surface area contributed by atoms with Crippen molar-refractivity contribution >= 4 is 5.97 Å². The van der Waals surface area contributed by atoms with Crippen LogP contribution >= 0.6 is 0 Å². The van der Waals surface area contributed by atoms with E-state index in [-0.39, 0.29) is 5.92 Å². The molecule has 0 saturated carbocycles. The van der Waals surface area contributed by atoms with Crippen LogP contribution in [0.25, 0.3) is 0 Å². The third kappa shape index (κ3) is 2.89. The number of quaternary nitrogens is 1. The fourth-order valence-electron chi connectivity index (χ4n) is 1.48. The molecule has 0 aromatic rings. The molecule has 0 N–H and O–H groups in total. The van der Waals surface area contributed by atoms with E-state index in [0.717, 1.165) is 0 Å². The zero-order chi connectivity index (χ0) is 9.23. The third-order valence-corrected chi connectivity index (χ3v) is 1.71. The minimum absolute atomic E-state index is 0.111. The van der Waals surface area contributed by atoms with Gasteiger partial charge < -0.3 is 14.4 Å². The minimum Gasteiger partial charge on any atom is -0.544 e. The van der Waals surface area contributed by atoms with Crippen LogP contribution in [0.15, 0.2) is 0 Å². The van der Waals surface area contributed by atoms with Crippen molar-refractivity contribution in [3.05, 3.63) is 0 Å². The lowest BCUT2D eigenvalue weighted by Gasteiger charge is -2.37. The van der Waals surface area contributed by atoms with Crippen molar-refractivity contribution in [2.24, 2.45) is 5.92 Å². The second kappa shape index (κ2) is 3.22. The maximum atomic E-state index is 10.7. The van der Waals surface area contributed by atoms with Gasteiger partial charge in [0.2, 0.25) is 0 Å². The summed E-state index contributed by atoms with van der Waals surface area (Å²) in [5.74, 6) is -0.854. The molecule has 0 amide bonds. The Bertz CT molecular complexity index is 147. The molecule has 0 rings (SSSR count). The highest BCUT2D eigenvalue weighted by Crippen LogP contribution is 2.12. The highest BCUT2D eigenvalue weighted by molar-refractivity contribution is 5.70. The van der Waals surface area contributed by atoms with Crippen LogP contribution in [-0.2, 0) is 4.79 Å². The van der Waals surface area contributed by atoms with Crippen molar-refractivity contribution in [2.75, 3.05) is 21.1 Å². The average Bonchev–Trinajstić information content (AvgIpc) is 1.54. The summed E-state index contributed by atoms with van der Waals surface area (Å²) in [5, 5.41) is 10.7. The van der Waals surface area contributed by atoms with Crippen LogP contribution in [0.4, 0.5) is 0 Å². The van der Waals surface area contributed by atoms with Crippen molar-refractivity contribution in [2.45, 2.75) is 19.9 Å². The molecule has 0 aliphatic rings. The van der Waals surface area contributed by atoms with E-state index < -0.39 is 12.0 Å². The van der Waals surface area contributed by atoms with Crippen molar-refractivity contribution in [1.29, 1.82) is 0 Å². The molecule has 0 fully saturated rings. The number of carbonyl (C=O) groups excluding carboxylic acids is 1. The molecule has 3 nitrogen and oxygen atoms in total. The monoisotopic (exact) mass is 159 g/mol. The van der Waals surface area contributed by atoms with Crippen LogP contribution < -0.4 is 5.11 Å². The van der Waals surface area contributed by atoms with Gasteiger partial charge in [0.15, 0.2) is 0 Å². The van der Waals surface area contributed by atoms with E-state index in [1.807, 2.05) is 35.0 Å². The zero-order valence-electron chi connectivity index (χ0n) is 7.92. The Morgan fingerprint density at radius 3 is 1.64 bits per heavy atom. The van der Waals surface area contributed by atoms with Gasteiger partial charge in [-0.25, -0.2) is 0 Å². The van der Waals surface area contributed by atoms with Crippen molar-refractivity contribution < 1.29 is 14.4 Å². The highest BCUT2D eigenvalue weighted by atomic mass is 16.4. The largest absolute Gasteiger partial charge is 0.544 e. The summed E-state index contributed by atoms with van der Waals surface area (Å²) in [6.07, 6.45) is 0. The summed E-state index contributed by atoms with van der Waals surface area (Å²) in [6.45, 7) is 3.79. The number of nitrogens with zero attached hydrogens (tertiary/aromatic N) is 1. The number of hydrogen-bond acceptors (Lipinski definition) is 2. The second-order valence-corrected chi connectivity index (χ2v) is 4.12. The first-order valence-corrected chi connectivity index (χ1v) is 3.78. The molecule has 11 heavy (non-hydrogen) atoms. The first-order valence-electron chi connectivity index (χ1n) is 3.78. The Morgan fingerprint density at radius 2 is 1.64 bits per heavy atom. The minimum atomic E-state index is -0.965. The van der Waals surface area contributed by atoms with Crippen LogP contribution in [0.1, 0.15) is 13.8 Å². The molecule has 0 heterocycles. The number of carboxylic acid groups (broad SMARTS) is 1. The Kier molecular flexibility index (Phi) is 3.05. The summed E-state index contributed by atoms with van der Waals surface area (Å²) in [6, 6.07) is -0.421. The summed E-state index contributed by atoms with van der Waals surface area (Å²) in [4.78, 5) is 10.7. The molecule has 0 bridgehead atoms. The Morgan fingerprint density at radius 1 is 1.27 bits per heavy atom. The molecule has 0 aromatic heterocycles. The summed E-state index contributed by atoms with van der Waals surface area (Å²) in [7, 11) is 5.58. The molecule has 0 aromatic carbocycles. The molecule has 0 aliphatic carbocycles. The van der Waals surface area contributed by atoms with E-state index in [1.165, 1.54) is 0 Å². The third-order valence-electron chi connectivity index (χ3n) is 1.71. The fraction of sp³-hybridized carbons (Fsp3) is 0.875. The Balaban J connectivity index is 4.49. The fourth-order valence-corrected chi connectivity index (χ4v) is 1.48. The Labute approximate surface area is 68.2 Å². The summed E-state index contributed by atoms with van der Waals surface area (Å²) in [5.41, 5.74) is 0. The van der Waals surface area contributed by atoms with E-state index in [9.17, 15) is 9.90 Å². The van der Waals surface area contributed by atoms with Crippen LogP contribution in [0.5, 0.6) is 0 Å². The lowest BCUT2D eigenvalue weighted by atomic mass is 10.0. The van der Waals surface area contributed by atoms with Gasteiger partial charge in [-0.1, -0.05) is 13.8 Å². The quantitative estimate of drug-likeness (QED) is 0.519. The van der Waals surface area contributed by atoms with Gasteiger partial charge in [-0.2, -0.15) is 0 Å². The molecule has 66 valence electrons. The Hall–Kier alpha value is -0.570. The molecular weight excluding hydrogens is 142 g/mol. The van der Waals surface area contributed by atoms with E-state index in [0.29, 0.717) is 4.48 Å². The first kappa shape index (κ1) is 10.4. The smallest absolute Gasteiger partial charge is 0.131 e. The molecular formula is C8H17NO2. The lowest BCUT2D eigenvalue weighted by molar-refractivity contribution is -0.892. The van der Waals surface area contributed by atoms with Crippen LogP contribution in [0, 0.1) is 5.92 Å². The first-order chi connectivity index (χ1) is 4.76. The van der Waals surface area contributed by atoms with E-state index in [4.69, 9.17) is 0 Å². The second-order valence-electron chi connectivity index (χ2n) is 4.12. The van der Waals surface area contributed by atoms with Gasteiger partial charge >= 0.3 is 0 Å². The van der Waals surface area contributed by atoms with Gasteiger partial charge in [0.05, 0.1) is 27.1 Å². The number of carbonyl (C=O) groups is 1. The maximum Gasteiger partial charge on any atom is 0.131 e. The number of likely N-dealkylation sites (N-methyl/N-ethyl adjacent to an activating group) is 1. The predicted molar refractivity (Wildman–Crippen MR) is 41.7 cm³/mol. The summed E-state index contributed by atoms with van der Waals surface area (Å²) >= 11 is 0. The zero-order valence-corrected chi connectivity index (χ0v) is 7.92. The molecule has 0 aliphatic heterocycles. The van der Waals surface area contributed by atoms with E-state index in [2.05, 4.69) is 0 Å². The van der Waals surface area contributed by atoms with Crippen molar-refractivity contribution in [3.63, 3.8) is 0 Å². The molecule has 3 heteroatoms. The van der Waals surface area contributed by atoms with Crippen LogP contribution in [0.3, 0.4) is 0 Å². The average molecular weight is 159 g/mol. The molecule has 0 radical (unpaired) electrons. The summed E-state index contributed by atoms with van der Waals surface area (Å²) < 4.78 is 0.417. The van der Waals surface area contributed by atoms with Gasteiger partial charge in [-0.15, -0.1) is 0 Å². The maximum absolute atomic E-state index is 10.7. The van der Waals surface area contributed by atoms with Crippen LogP contribution in [-0.4, -0.2) is 37.6 Å². The highest BCUT2D eigenvalue weighted by Gasteiger charge is 2.27. The lowest BCUT2D eigenvalue weighted by Crippen LogP contribution is -2.57. The normalized spacial score (nSPS) is 15.1. The molecule has 0 spiro atoms. The van der Waals surface area contributed by atoms with Crippen molar-refractivity contribution in [1.82, 2.24) is 0 Å². The number of rotatable bonds is 3. The van der Waals surface area contributed by atoms with Gasteiger partial charge in [0, 0.05) is 5.92 Å². The van der Waals surface area contributed by atoms with E-state index in [1.54, 1.807) is 0 Å². The molecule has 0 unspecified atom stereocenters. The van der Waals surface area contributed by atoms with Crippen molar-refractivity contribution in [3.8, 4) is 0 Å². The van der Waals surface area contributed by atoms with Gasteiger partial charge in [0.1, 0.15) is 6.04 Å². The predicted octanol–water partition coefficient (Wildman–Crippen LogP) is -0.533. The van der Waals surface area contributed by atoms with Crippen LogP contribution in [0.2, 0.25) is 0 Å². The topological polar surface area (TPSA) is 40.1 Å². The number of hydrogen-bond donors (Lipinski definition) is 0. The SMILES string of the molecule is CC(C)[C@@H](C(=O)[O-])[N+](C)(C)C. The van der Waals surface area contributed by atoms with Gasteiger partial charge in [-0.05, 0) is 0 Å². The van der Waals surface area contributed by atoms with Gasteiger partial charge in [0.25, 0.3) is 0 Å².